The fourth-order valence-corrected chi connectivity index (χ4v) is 3.98. The molecule has 0 spiro atoms. The minimum absolute atomic E-state index is 0.0370. The Kier molecular flexibility index (Phi) is 5.01. The van der Waals surface area contributed by atoms with Crippen molar-refractivity contribution in [3.63, 3.8) is 0 Å². The lowest BCUT2D eigenvalue weighted by atomic mass is 9.97. The zero-order valence-corrected chi connectivity index (χ0v) is 16.2. The molecule has 0 amide bonds. The number of fused-ring (bicyclic) bond motifs is 1. The van der Waals surface area contributed by atoms with Gasteiger partial charge in [0.25, 0.3) is 5.69 Å². The van der Waals surface area contributed by atoms with Crippen molar-refractivity contribution in [2.24, 2.45) is 0 Å². The first-order valence-corrected chi connectivity index (χ1v) is 9.60. The van der Waals surface area contributed by atoms with Crippen LogP contribution in [0.1, 0.15) is 17.2 Å². The van der Waals surface area contributed by atoms with Gasteiger partial charge >= 0.3 is 0 Å². The van der Waals surface area contributed by atoms with E-state index in [1.807, 2.05) is 36.4 Å². The number of phenolic OH excluding ortho intramolecular Hbond substituents is 1. The van der Waals surface area contributed by atoms with Crippen molar-refractivity contribution in [1.82, 2.24) is 4.98 Å². The fourth-order valence-electron chi connectivity index (χ4n) is 3.08. The molecule has 3 aromatic carbocycles. The second-order valence-electron chi connectivity index (χ2n) is 6.34. The Hall–Kier alpha value is -3.65. The summed E-state index contributed by atoms with van der Waals surface area (Å²) in [7, 11) is 1.58. The van der Waals surface area contributed by atoms with Gasteiger partial charge in [0.1, 0.15) is 11.5 Å². The number of hydrogen-bond acceptors (Lipinski definition) is 7. The number of methoxy groups -OCH3 is 1. The second-order valence-corrected chi connectivity index (χ2v) is 7.37. The summed E-state index contributed by atoms with van der Waals surface area (Å²) in [6.07, 6.45) is 0. The summed E-state index contributed by atoms with van der Waals surface area (Å²) in [5.41, 5.74) is 1.96. The van der Waals surface area contributed by atoms with Crippen molar-refractivity contribution < 1.29 is 14.8 Å². The van der Waals surface area contributed by atoms with E-state index in [1.165, 1.54) is 29.5 Å². The number of aromatic nitrogens is 1. The van der Waals surface area contributed by atoms with Crippen molar-refractivity contribution in [3.8, 4) is 11.5 Å². The Morgan fingerprint density at radius 2 is 1.90 bits per heavy atom. The molecule has 146 valence electrons. The van der Waals surface area contributed by atoms with E-state index in [-0.39, 0.29) is 11.4 Å². The maximum absolute atomic E-state index is 11.3. The number of para-hydroxylation sites is 1. The van der Waals surface area contributed by atoms with Crippen molar-refractivity contribution in [3.05, 3.63) is 88.0 Å². The number of phenols is 1. The fraction of sp³-hybridized carbons (Fsp3) is 0.0952. The molecule has 1 atom stereocenters. The van der Waals surface area contributed by atoms with Crippen LogP contribution < -0.4 is 10.1 Å². The highest BCUT2D eigenvalue weighted by Gasteiger charge is 2.22. The number of nitrogens with one attached hydrogen (secondary N) is 1. The number of ether oxygens (including phenoxy) is 1. The van der Waals surface area contributed by atoms with Crippen LogP contribution in [0.15, 0.2) is 66.7 Å². The average molecular weight is 407 g/mol. The molecule has 0 saturated carbocycles. The summed E-state index contributed by atoms with van der Waals surface area (Å²) in [5, 5.41) is 25.7. The number of hydrogen-bond donors (Lipinski definition) is 2. The topological polar surface area (TPSA) is 97.5 Å². The summed E-state index contributed by atoms with van der Waals surface area (Å²) in [6.45, 7) is 0. The first-order valence-electron chi connectivity index (χ1n) is 8.78. The second kappa shape index (κ2) is 7.76. The van der Waals surface area contributed by atoms with Gasteiger partial charge in [0.05, 0.1) is 28.3 Å². The van der Waals surface area contributed by atoms with Crippen LogP contribution in [0.3, 0.4) is 0 Å². The number of aromatic hydroxyl groups is 1. The predicted molar refractivity (Wildman–Crippen MR) is 113 cm³/mol. The van der Waals surface area contributed by atoms with Gasteiger partial charge in [-0.15, -0.1) is 0 Å². The molecular formula is C21H17N3O4S. The van der Waals surface area contributed by atoms with Gasteiger partial charge in [0.15, 0.2) is 5.13 Å². The van der Waals surface area contributed by atoms with Crippen molar-refractivity contribution in [2.45, 2.75) is 6.04 Å². The maximum Gasteiger partial charge on any atom is 0.270 e. The molecule has 0 radical (unpaired) electrons. The van der Waals surface area contributed by atoms with Gasteiger partial charge < -0.3 is 15.2 Å². The smallest absolute Gasteiger partial charge is 0.270 e. The number of nitrogens with zero attached hydrogens (tertiary/aromatic N) is 2. The Labute approximate surface area is 170 Å². The zero-order chi connectivity index (χ0) is 20.4. The lowest BCUT2D eigenvalue weighted by Crippen LogP contribution is -2.13. The number of anilines is 1. The van der Waals surface area contributed by atoms with Gasteiger partial charge in [0.2, 0.25) is 0 Å². The molecule has 0 bridgehead atoms. The van der Waals surface area contributed by atoms with Gasteiger partial charge in [0, 0.05) is 17.7 Å². The van der Waals surface area contributed by atoms with Crippen LogP contribution in [0, 0.1) is 10.1 Å². The van der Waals surface area contributed by atoms with Crippen LogP contribution in [0.4, 0.5) is 10.8 Å². The predicted octanol–water partition coefficient (Wildman–Crippen LogP) is 5.12. The van der Waals surface area contributed by atoms with Crippen LogP contribution in [-0.2, 0) is 0 Å². The monoisotopic (exact) mass is 407 g/mol. The minimum Gasteiger partial charge on any atom is -0.508 e. The van der Waals surface area contributed by atoms with E-state index in [0.29, 0.717) is 16.4 Å². The van der Waals surface area contributed by atoms with Crippen molar-refractivity contribution in [1.29, 1.82) is 0 Å². The summed E-state index contributed by atoms with van der Waals surface area (Å²) < 4.78 is 6.24. The van der Waals surface area contributed by atoms with E-state index in [2.05, 4.69) is 10.3 Å². The molecule has 4 rings (SSSR count). The molecule has 1 aromatic heterocycles. The lowest BCUT2D eigenvalue weighted by Gasteiger charge is -2.20. The number of nitro benzene ring substituents is 1. The van der Waals surface area contributed by atoms with E-state index in [0.717, 1.165) is 15.8 Å². The quantitative estimate of drug-likeness (QED) is 0.340. The molecule has 1 heterocycles. The number of thiazole rings is 1. The highest BCUT2D eigenvalue weighted by Crippen LogP contribution is 2.37. The van der Waals surface area contributed by atoms with Crippen molar-refractivity contribution in [2.75, 3.05) is 12.4 Å². The van der Waals surface area contributed by atoms with Crippen molar-refractivity contribution >= 4 is 32.4 Å². The van der Waals surface area contributed by atoms with Gasteiger partial charge in [-0.05, 0) is 35.9 Å². The van der Waals surface area contributed by atoms with Gasteiger partial charge in [-0.3, -0.25) is 10.1 Å². The number of nitro groups is 1. The molecule has 0 aliphatic heterocycles. The zero-order valence-electron chi connectivity index (χ0n) is 15.4. The highest BCUT2D eigenvalue weighted by molar-refractivity contribution is 7.22. The molecule has 8 heteroatoms. The van der Waals surface area contributed by atoms with Crippen LogP contribution in [0.2, 0.25) is 0 Å². The van der Waals surface area contributed by atoms with Crippen LogP contribution in [0.5, 0.6) is 11.5 Å². The van der Waals surface area contributed by atoms with Gasteiger partial charge in [-0.2, -0.15) is 0 Å². The number of non-ortho nitro benzene ring substituents is 1. The molecule has 0 fully saturated rings. The third-order valence-electron chi connectivity index (χ3n) is 4.54. The van der Waals surface area contributed by atoms with Gasteiger partial charge in [-0.25, -0.2) is 4.98 Å². The molecule has 0 aliphatic rings. The SMILES string of the molecule is COc1ccc(C(Nc2nc3ccccc3s2)c2cc([N+](=O)[O-])ccc2O)cc1. The summed E-state index contributed by atoms with van der Waals surface area (Å²) in [4.78, 5) is 15.4. The minimum atomic E-state index is -0.540. The van der Waals surface area contributed by atoms with Crippen LogP contribution in [0.25, 0.3) is 10.2 Å². The summed E-state index contributed by atoms with van der Waals surface area (Å²) in [5.74, 6) is 0.654. The Morgan fingerprint density at radius 3 is 2.59 bits per heavy atom. The van der Waals surface area contributed by atoms with E-state index in [9.17, 15) is 15.2 Å². The Morgan fingerprint density at radius 1 is 1.14 bits per heavy atom. The van der Waals surface area contributed by atoms with E-state index in [1.54, 1.807) is 19.2 Å². The Balaban J connectivity index is 1.80. The highest BCUT2D eigenvalue weighted by atomic mass is 32.1. The lowest BCUT2D eigenvalue weighted by molar-refractivity contribution is -0.384. The molecule has 7 nitrogen and oxygen atoms in total. The molecular weight excluding hydrogens is 390 g/mol. The molecule has 0 saturated heterocycles. The summed E-state index contributed by atoms with van der Waals surface area (Å²) in [6, 6.07) is 18.5. The third kappa shape index (κ3) is 3.83. The number of rotatable bonds is 6. The van der Waals surface area contributed by atoms with Crippen LogP contribution in [-0.4, -0.2) is 22.1 Å². The molecule has 29 heavy (non-hydrogen) atoms. The van der Waals surface area contributed by atoms with Crippen LogP contribution >= 0.6 is 11.3 Å². The molecule has 2 N–H and O–H groups in total. The first kappa shape index (κ1) is 18.7. The molecule has 4 aromatic rings. The first-order chi connectivity index (χ1) is 14.0. The number of benzene rings is 3. The van der Waals surface area contributed by atoms with E-state index >= 15 is 0 Å². The van der Waals surface area contributed by atoms with E-state index in [4.69, 9.17) is 4.74 Å². The Bertz CT molecular complexity index is 1140. The maximum atomic E-state index is 11.3. The molecule has 0 aliphatic carbocycles. The van der Waals surface area contributed by atoms with Gasteiger partial charge in [-0.1, -0.05) is 35.6 Å². The normalized spacial score (nSPS) is 11.9. The molecule has 1 unspecified atom stereocenters. The third-order valence-corrected chi connectivity index (χ3v) is 5.51. The average Bonchev–Trinajstić information content (AvgIpc) is 3.15. The standard InChI is InChI=1S/C21H17N3O4S/c1-28-15-9-6-13(7-10-15)20(16-12-14(24(26)27)8-11-18(16)25)23-21-22-17-4-2-3-5-19(17)29-21/h2-12,20,25H,1H3,(H,22,23). The largest absolute Gasteiger partial charge is 0.508 e. The van der Waals surface area contributed by atoms with E-state index < -0.39 is 11.0 Å². The summed E-state index contributed by atoms with van der Waals surface area (Å²) >= 11 is 1.48.